The van der Waals surface area contributed by atoms with Gasteiger partial charge >= 0.3 is 0 Å². The van der Waals surface area contributed by atoms with Gasteiger partial charge in [0.25, 0.3) is 0 Å². The van der Waals surface area contributed by atoms with Crippen LogP contribution < -0.4 is 0 Å². The first-order valence-electron chi connectivity index (χ1n) is 7.72. The summed E-state index contributed by atoms with van der Waals surface area (Å²) in [5, 5.41) is 0. The Morgan fingerprint density at radius 3 is 1.78 bits per heavy atom. The highest BCUT2D eigenvalue weighted by atomic mass is 79.9. The number of alkyl halides is 2. The van der Waals surface area contributed by atoms with Crippen LogP contribution in [0.2, 0.25) is 0 Å². The molecular weight excluding hydrogens is 414 g/mol. The van der Waals surface area contributed by atoms with Crippen LogP contribution in [-0.2, 0) is 13.1 Å². The number of hydrogen-bond acceptors (Lipinski definition) is 1. The summed E-state index contributed by atoms with van der Waals surface area (Å²) in [6, 6.07) is 21.3. The minimum atomic E-state index is -0.103. The van der Waals surface area contributed by atoms with Gasteiger partial charge < -0.3 is 4.90 Å². The molecule has 3 rings (SSSR count). The number of halogens is 2. The third-order valence-corrected chi connectivity index (χ3v) is 5.06. The molecule has 0 atom stereocenters. The molecule has 0 N–H and O–H groups in total. The van der Waals surface area contributed by atoms with E-state index in [2.05, 4.69) is 116 Å². The van der Waals surface area contributed by atoms with E-state index in [-0.39, 0.29) is 3.23 Å². The summed E-state index contributed by atoms with van der Waals surface area (Å²) in [7, 11) is 0. The first kappa shape index (κ1) is 16.5. The van der Waals surface area contributed by atoms with Crippen molar-refractivity contribution in [2.45, 2.75) is 22.7 Å². The highest BCUT2D eigenvalue weighted by molar-refractivity contribution is 9.25. The maximum absolute atomic E-state index is 3.67. The van der Waals surface area contributed by atoms with Gasteiger partial charge in [0.2, 0.25) is 0 Å². The Hall–Kier alpha value is -1.32. The van der Waals surface area contributed by atoms with E-state index in [4.69, 9.17) is 0 Å². The Morgan fingerprint density at radius 2 is 1.35 bits per heavy atom. The van der Waals surface area contributed by atoms with Crippen LogP contribution in [-0.4, -0.2) is 8.13 Å². The summed E-state index contributed by atoms with van der Waals surface area (Å²) < 4.78 is -0.103. The van der Waals surface area contributed by atoms with E-state index >= 15 is 0 Å². The number of benzene rings is 2. The number of nitrogens with zero attached hydrogens (tertiary/aromatic N) is 1. The zero-order valence-corrected chi connectivity index (χ0v) is 16.0. The van der Waals surface area contributed by atoms with E-state index < -0.39 is 0 Å². The van der Waals surface area contributed by atoms with E-state index in [0.29, 0.717) is 0 Å². The van der Waals surface area contributed by atoms with Crippen molar-refractivity contribution in [3.05, 3.63) is 95.7 Å². The van der Waals surface area contributed by atoms with Gasteiger partial charge in [0, 0.05) is 18.8 Å². The predicted molar refractivity (Wildman–Crippen MR) is 105 cm³/mol. The molecule has 0 heterocycles. The zero-order valence-electron chi connectivity index (χ0n) is 12.8. The molecular formula is C20H19Br2N. The molecule has 118 valence electrons. The van der Waals surface area contributed by atoms with Crippen LogP contribution in [0.15, 0.2) is 84.6 Å². The molecule has 0 bridgehead atoms. The molecule has 0 amide bonds. The second kappa shape index (κ2) is 7.50. The van der Waals surface area contributed by atoms with Gasteiger partial charge in [-0.1, -0.05) is 105 Å². The lowest BCUT2D eigenvalue weighted by molar-refractivity contribution is 0.337. The standard InChI is InChI=1S/C20H19Br2N/c21-20(22)13-11-19(12-14-20)23(15-17-7-3-1-4-8-17)16-18-9-5-2-6-10-18/h1-13H,14-16H2. The van der Waals surface area contributed by atoms with Crippen LogP contribution in [0, 0.1) is 0 Å². The molecule has 0 unspecified atom stereocenters. The molecule has 0 saturated carbocycles. The monoisotopic (exact) mass is 431 g/mol. The Labute approximate surface area is 155 Å². The molecule has 1 aliphatic carbocycles. The smallest absolute Gasteiger partial charge is 0.102 e. The van der Waals surface area contributed by atoms with Crippen molar-refractivity contribution in [3.63, 3.8) is 0 Å². The predicted octanol–water partition coefficient (Wildman–Crippen LogP) is 6.02. The van der Waals surface area contributed by atoms with Crippen molar-refractivity contribution in [1.82, 2.24) is 4.90 Å². The Bertz CT molecular complexity index is 649. The summed E-state index contributed by atoms with van der Waals surface area (Å²) >= 11 is 7.34. The fourth-order valence-electron chi connectivity index (χ4n) is 2.66. The van der Waals surface area contributed by atoms with Crippen molar-refractivity contribution in [3.8, 4) is 0 Å². The van der Waals surface area contributed by atoms with Gasteiger partial charge in [0.1, 0.15) is 3.23 Å². The van der Waals surface area contributed by atoms with Gasteiger partial charge in [-0.2, -0.15) is 0 Å². The fourth-order valence-corrected chi connectivity index (χ4v) is 3.25. The molecule has 0 spiro atoms. The van der Waals surface area contributed by atoms with Gasteiger partial charge in [0.05, 0.1) is 0 Å². The molecule has 1 aliphatic rings. The number of allylic oxidation sites excluding steroid dienone is 3. The third kappa shape index (κ3) is 4.82. The largest absolute Gasteiger partial charge is 0.363 e. The molecule has 0 aliphatic heterocycles. The first-order chi connectivity index (χ1) is 11.1. The van der Waals surface area contributed by atoms with Gasteiger partial charge in [0.15, 0.2) is 0 Å². The van der Waals surface area contributed by atoms with E-state index in [0.717, 1.165) is 19.5 Å². The summed E-state index contributed by atoms with van der Waals surface area (Å²) in [5.41, 5.74) is 3.92. The molecule has 3 heteroatoms. The van der Waals surface area contributed by atoms with E-state index in [1.54, 1.807) is 0 Å². The second-order valence-electron chi connectivity index (χ2n) is 5.75. The normalized spacial score (nSPS) is 16.0. The van der Waals surface area contributed by atoms with Crippen LogP contribution in [0.1, 0.15) is 17.5 Å². The third-order valence-electron chi connectivity index (χ3n) is 3.88. The summed E-state index contributed by atoms with van der Waals surface area (Å²) in [6.07, 6.45) is 7.58. The molecule has 2 aromatic rings. The van der Waals surface area contributed by atoms with E-state index in [1.807, 2.05) is 0 Å². The maximum Gasteiger partial charge on any atom is 0.102 e. The maximum atomic E-state index is 3.67. The van der Waals surface area contributed by atoms with Crippen LogP contribution in [0.3, 0.4) is 0 Å². The SMILES string of the molecule is BrC1(Br)C=CC(N(Cc2ccccc2)Cc2ccccc2)=CC1. The van der Waals surface area contributed by atoms with Gasteiger partial charge in [-0.05, 0) is 23.6 Å². The lowest BCUT2D eigenvalue weighted by atomic mass is 10.1. The van der Waals surface area contributed by atoms with E-state index in [9.17, 15) is 0 Å². The Balaban J connectivity index is 1.82. The Kier molecular flexibility index (Phi) is 5.39. The summed E-state index contributed by atoms with van der Waals surface area (Å²) in [5.74, 6) is 0. The number of hydrogen-bond donors (Lipinski definition) is 0. The van der Waals surface area contributed by atoms with Crippen molar-refractivity contribution in [1.29, 1.82) is 0 Å². The highest BCUT2D eigenvalue weighted by Gasteiger charge is 2.22. The van der Waals surface area contributed by atoms with Crippen molar-refractivity contribution >= 4 is 31.9 Å². The van der Waals surface area contributed by atoms with Gasteiger partial charge in [-0.15, -0.1) is 0 Å². The summed E-state index contributed by atoms with van der Waals surface area (Å²) in [4.78, 5) is 2.43. The van der Waals surface area contributed by atoms with Crippen LogP contribution in [0.5, 0.6) is 0 Å². The summed E-state index contributed by atoms with van der Waals surface area (Å²) in [6.45, 7) is 1.81. The van der Waals surface area contributed by atoms with Gasteiger partial charge in [-0.25, -0.2) is 0 Å². The minimum absolute atomic E-state index is 0.103. The van der Waals surface area contributed by atoms with Crippen LogP contribution in [0.4, 0.5) is 0 Å². The van der Waals surface area contributed by atoms with Crippen molar-refractivity contribution in [2.75, 3.05) is 0 Å². The highest BCUT2D eigenvalue weighted by Crippen LogP contribution is 2.36. The minimum Gasteiger partial charge on any atom is -0.363 e. The molecule has 23 heavy (non-hydrogen) atoms. The van der Waals surface area contributed by atoms with Gasteiger partial charge in [-0.3, -0.25) is 0 Å². The van der Waals surface area contributed by atoms with Crippen molar-refractivity contribution < 1.29 is 0 Å². The average molecular weight is 433 g/mol. The number of rotatable bonds is 5. The first-order valence-corrected chi connectivity index (χ1v) is 9.31. The molecule has 2 aromatic carbocycles. The van der Waals surface area contributed by atoms with E-state index in [1.165, 1.54) is 16.8 Å². The van der Waals surface area contributed by atoms with Crippen LogP contribution in [0.25, 0.3) is 0 Å². The fraction of sp³-hybridized carbons (Fsp3) is 0.200. The topological polar surface area (TPSA) is 3.24 Å². The van der Waals surface area contributed by atoms with Crippen LogP contribution >= 0.6 is 31.9 Å². The molecule has 1 nitrogen and oxygen atoms in total. The molecule has 0 radical (unpaired) electrons. The van der Waals surface area contributed by atoms with Crippen molar-refractivity contribution in [2.24, 2.45) is 0 Å². The lowest BCUT2D eigenvalue weighted by Gasteiger charge is -2.30. The molecule has 0 saturated heterocycles. The molecule has 0 aromatic heterocycles. The Morgan fingerprint density at radius 1 is 0.826 bits per heavy atom. The zero-order chi connectivity index (χ0) is 16.1. The second-order valence-corrected chi connectivity index (χ2v) is 9.65. The molecule has 0 fully saturated rings. The lowest BCUT2D eigenvalue weighted by Crippen LogP contribution is -2.24. The average Bonchev–Trinajstić information content (AvgIpc) is 2.56. The quantitative estimate of drug-likeness (QED) is 0.522.